The minimum atomic E-state index is -0.124. The number of aryl methyl sites for hydroxylation is 1. The molecule has 10 heteroatoms. The fraction of sp³-hybridized carbons (Fsp3) is 0.550. The molecule has 1 aromatic carbocycles. The second-order valence-electron chi connectivity index (χ2n) is 7.16. The summed E-state index contributed by atoms with van der Waals surface area (Å²) in [7, 11) is 1.78. The first-order valence-corrected chi connectivity index (χ1v) is 10.7. The number of benzene rings is 1. The molecule has 0 unspecified atom stereocenters. The average molecular weight is 567 g/mol. The predicted molar refractivity (Wildman–Crippen MR) is 132 cm³/mol. The lowest BCUT2D eigenvalue weighted by Crippen LogP contribution is -2.48. The van der Waals surface area contributed by atoms with Crippen molar-refractivity contribution in [3.8, 4) is 0 Å². The Bertz CT molecular complexity index is 838. The smallest absolute Gasteiger partial charge is 0.191 e. The van der Waals surface area contributed by atoms with E-state index in [2.05, 4.69) is 32.7 Å². The van der Waals surface area contributed by atoms with Gasteiger partial charge >= 0.3 is 0 Å². The Morgan fingerprint density at radius 1 is 1.27 bits per heavy atom. The molecule has 30 heavy (non-hydrogen) atoms. The maximum atomic E-state index is 6.56. The summed E-state index contributed by atoms with van der Waals surface area (Å²) >= 11 is 12.7. The number of rotatable bonds is 7. The molecule has 1 aliphatic rings. The van der Waals surface area contributed by atoms with Crippen LogP contribution >= 0.6 is 47.2 Å². The van der Waals surface area contributed by atoms with Gasteiger partial charge in [-0.05, 0) is 30.5 Å². The highest BCUT2D eigenvalue weighted by atomic mass is 127. The van der Waals surface area contributed by atoms with E-state index in [9.17, 15) is 0 Å². The second-order valence-corrected chi connectivity index (χ2v) is 8.01. The van der Waals surface area contributed by atoms with Crippen molar-refractivity contribution >= 4 is 53.1 Å². The number of aromatic nitrogens is 3. The minimum absolute atomic E-state index is 0. The quantitative estimate of drug-likeness (QED) is 0.304. The number of ether oxygens (including phenoxy) is 1. The van der Waals surface area contributed by atoms with E-state index < -0.39 is 0 Å². The van der Waals surface area contributed by atoms with E-state index in [0.29, 0.717) is 29.8 Å². The van der Waals surface area contributed by atoms with E-state index >= 15 is 0 Å². The van der Waals surface area contributed by atoms with Gasteiger partial charge < -0.3 is 19.9 Å². The molecule has 166 valence electrons. The van der Waals surface area contributed by atoms with Crippen LogP contribution in [0.1, 0.15) is 31.2 Å². The highest BCUT2D eigenvalue weighted by Gasteiger charge is 2.36. The predicted octanol–water partition coefficient (Wildman–Crippen LogP) is 3.68. The van der Waals surface area contributed by atoms with Gasteiger partial charge in [0.15, 0.2) is 5.96 Å². The van der Waals surface area contributed by atoms with Crippen molar-refractivity contribution in [2.45, 2.75) is 38.1 Å². The highest BCUT2D eigenvalue weighted by Crippen LogP contribution is 2.39. The van der Waals surface area contributed by atoms with Gasteiger partial charge in [-0.25, -0.2) is 0 Å². The van der Waals surface area contributed by atoms with E-state index in [1.54, 1.807) is 13.4 Å². The van der Waals surface area contributed by atoms with Gasteiger partial charge in [0.25, 0.3) is 0 Å². The maximum Gasteiger partial charge on any atom is 0.191 e. The molecule has 1 aliphatic heterocycles. The summed E-state index contributed by atoms with van der Waals surface area (Å²) in [6, 6.07) is 5.75. The van der Waals surface area contributed by atoms with Crippen molar-refractivity contribution in [1.29, 1.82) is 0 Å². The minimum Gasteiger partial charge on any atom is -0.381 e. The zero-order chi connectivity index (χ0) is 20.7. The van der Waals surface area contributed by atoms with Gasteiger partial charge in [-0.15, -0.1) is 34.2 Å². The molecule has 0 saturated carbocycles. The SMILES string of the molecule is CCc1nncn1CCNC(=NC)NCC1(c2ccc(Cl)cc2Cl)CCOCC1.I. The van der Waals surface area contributed by atoms with Crippen LogP contribution in [-0.4, -0.2) is 54.1 Å². The van der Waals surface area contributed by atoms with Crippen molar-refractivity contribution in [3.05, 3.63) is 46.0 Å². The van der Waals surface area contributed by atoms with E-state index in [-0.39, 0.29) is 29.4 Å². The fourth-order valence-corrected chi connectivity index (χ4v) is 4.34. The lowest BCUT2D eigenvalue weighted by Gasteiger charge is -2.39. The molecule has 0 spiro atoms. The third-order valence-electron chi connectivity index (χ3n) is 5.43. The van der Waals surface area contributed by atoms with Gasteiger partial charge in [0.2, 0.25) is 0 Å². The number of aliphatic imine (C=N–C) groups is 1. The number of guanidine groups is 1. The van der Waals surface area contributed by atoms with E-state index in [4.69, 9.17) is 27.9 Å². The van der Waals surface area contributed by atoms with Gasteiger partial charge in [0.1, 0.15) is 12.2 Å². The van der Waals surface area contributed by atoms with Gasteiger partial charge in [0.05, 0.1) is 0 Å². The first-order chi connectivity index (χ1) is 14.1. The van der Waals surface area contributed by atoms with Gasteiger partial charge in [-0.3, -0.25) is 4.99 Å². The second kappa shape index (κ2) is 12.1. The lowest BCUT2D eigenvalue weighted by molar-refractivity contribution is 0.0514. The molecule has 1 fully saturated rings. The Morgan fingerprint density at radius 2 is 2.03 bits per heavy atom. The first kappa shape index (κ1) is 25.2. The third kappa shape index (κ3) is 6.21. The van der Waals surface area contributed by atoms with Crippen LogP contribution in [-0.2, 0) is 23.1 Å². The Morgan fingerprint density at radius 3 is 2.70 bits per heavy atom. The average Bonchev–Trinajstić information content (AvgIpc) is 3.18. The van der Waals surface area contributed by atoms with Gasteiger partial charge in [-0.2, -0.15) is 0 Å². The van der Waals surface area contributed by atoms with Crippen molar-refractivity contribution < 1.29 is 4.74 Å². The standard InChI is InChI=1S/C20H28Cl2N6O.HI/c1-3-18-27-26-14-28(18)9-8-24-19(23-2)25-13-20(6-10-29-11-7-20)16-5-4-15(21)12-17(16)22;/h4-5,12,14H,3,6-11,13H2,1-2H3,(H2,23,24,25);1H. The van der Waals surface area contributed by atoms with Crippen molar-refractivity contribution in [2.75, 3.05) is 33.4 Å². The zero-order valence-electron chi connectivity index (χ0n) is 17.3. The third-order valence-corrected chi connectivity index (χ3v) is 5.98. The molecule has 2 heterocycles. The zero-order valence-corrected chi connectivity index (χ0v) is 21.2. The summed E-state index contributed by atoms with van der Waals surface area (Å²) in [4.78, 5) is 4.36. The molecular weight excluding hydrogens is 538 g/mol. The van der Waals surface area contributed by atoms with Crippen LogP contribution in [0.2, 0.25) is 10.0 Å². The van der Waals surface area contributed by atoms with E-state index in [1.807, 2.05) is 22.8 Å². The van der Waals surface area contributed by atoms with E-state index in [0.717, 1.165) is 49.7 Å². The number of halogens is 3. The number of hydrogen-bond donors (Lipinski definition) is 2. The van der Waals surface area contributed by atoms with Crippen LogP contribution in [0.3, 0.4) is 0 Å². The topological polar surface area (TPSA) is 76.4 Å². The van der Waals surface area contributed by atoms with Crippen molar-refractivity contribution in [3.63, 3.8) is 0 Å². The van der Waals surface area contributed by atoms with Crippen molar-refractivity contribution in [1.82, 2.24) is 25.4 Å². The van der Waals surface area contributed by atoms with Crippen LogP contribution in [0, 0.1) is 0 Å². The summed E-state index contributed by atoms with van der Waals surface area (Å²) < 4.78 is 7.66. The molecule has 0 aliphatic carbocycles. The molecule has 0 radical (unpaired) electrons. The Balaban J connectivity index is 0.00000320. The summed E-state index contributed by atoms with van der Waals surface area (Å²) in [5, 5.41) is 16.3. The number of hydrogen-bond acceptors (Lipinski definition) is 4. The van der Waals surface area contributed by atoms with Gasteiger partial charge in [0, 0.05) is 61.8 Å². The Labute approximate surface area is 205 Å². The highest BCUT2D eigenvalue weighted by molar-refractivity contribution is 14.0. The molecule has 0 atom stereocenters. The first-order valence-electron chi connectivity index (χ1n) is 9.92. The van der Waals surface area contributed by atoms with Crippen LogP contribution in [0.5, 0.6) is 0 Å². The largest absolute Gasteiger partial charge is 0.381 e. The molecular formula is C20H29Cl2IN6O. The summed E-state index contributed by atoms with van der Waals surface area (Å²) in [5.74, 6) is 1.74. The molecule has 1 aromatic heterocycles. The lowest BCUT2D eigenvalue weighted by atomic mass is 9.74. The Hall–Kier alpha value is -1.10. The van der Waals surface area contributed by atoms with Crippen LogP contribution in [0.25, 0.3) is 0 Å². The summed E-state index contributed by atoms with van der Waals surface area (Å²) in [5.41, 5.74) is 0.980. The molecule has 2 N–H and O–H groups in total. The molecule has 3 rings (SSSR count). The molecule has 7 nitrogen and oxygen atoms in total. The van der Waals surface area contributed by atoms with E-state index in [1.165, 1.54) is 0 Å². The molecule has 2 aromatic rings. The summed E-state index contributed by atoms with van der Waals surface area (Å²) in [6.45, 7) is 5.70. The van der Waals surface area contributed by atoms with Crippen molar-refractivity contribution in [2.24, 2.45) is 4.99 Å². The fourth-order valence-electron chi connectivity index (χ4n) is 3.73. The molecule has 1 saturated heterocycles. The van der Waals surface area contributed by atoms with Crippen LogP contribution in [0.15, 0.2) is 29.5 Å². The van der Waals surface area contributed by atoms with Crippen LogP contribution < -0.4 is 10.6 Å². The normalized spacial score (nSPS) is 16.1. The maximum absolute atomic E-state index is 6.56. The molecule has 0 amide bonds. The number of nitrogens with zero attached hydrogens (tertiary/aromatic N) is 4. The number of nitrogens with one attached hydrogen (secondary N) is 2. The van der Waals surface area contributed by atoms with Crippen LogP contribution in [0.4, 0.5) is 0 Å². The monoisotopic (exact) mass is 566 g/mol. The van der Waals surface area contributed by atoms with Gasteiger partial charge in [-0.1, -0.05) is 36.2 Å². The summed E-state index contributed by atoms with van der Waals surface area (Å²) in [6.07, 6.45) is 4.40. The Kier molecular flexibility index (Phi) is 10.1. The molecule has 0 bridgehead atoms.